The molecular weight excluding hydrogens is 168 g/mol. The van der Waals surface area contributed by atoms with Crippen LogP contribution in [0.2, 0.25) is 0 Å². The monoisotopic (exact) mass is 190 g/mol. The molecule has 3 heteroatoms. The molecule has 0 rings (SSSR count). The minimum Gasteiger partial charge on any atom is -0.390 e. The van der Waals surface area contributed by atoms with E-state index in [1.807, 2.05) is 20.8 Å². The van der Waals surface area contributed by atoms with Gasteiger partial charge in [0.1, 0.15) is 0 Å². The molecule has 0 amide bonds. The third kappa shape index (κ3) is 5.24. The Morgan fingerprint density at radius 3 is 2.23 bits per heavy atom. The van der Waals surface area contributed by atoms with Crippen molar-refractivity contribution in [3.05, 3.63) is 0 Å². The van der Waals surface area contributed by atoms with Crippen molar-refractivity contribution in [1.82, 2.24) is 0 Å². The molecule has 0 bridgehead atoms. The second kappa shape index (κ2) is 5.58. The van der Waals surface area contributed by atoms with Gasteiger partial charge in [-0.1, -0.05) is 0 Å². The first-order valence-corrected chi connectivity index (χ1v) is 4.69. The van der Waals surface area contributed by atoms with E-state index in [-0.39, 0.29) is 11.7 Å². The standard InChI is InChI=1S/C10H22O3/c1-8(12-4)9(11)6-7-10(2,3)13-5/h8-9,11H,6-7H2,1-5H3. The predicted molar refractivity (Wildman–Crippen MR) is 52.8 cm³/mol. The van der Waals surface area contributed by atoms with E-state index in [2.05, 4.69) is 0 Å². The van der Waals surface area contributed by atoms with Gasteiger partial charge in [-0.2, -0.15) is 0 Å². The molecule has 0 saturated heterocycles. The number of ether oxygens (including phenoxy) is 2. The van der Waals surface area contributed by atoms with Gasteiger partial charge in [-0.3, -0.25) is 0 Å². The minimum absolute atomic E-state index is 0.104. The SMILES string of the molecule is COC(C)C(O)CCC(C)(C)OC. The van der Waals surface area contributed by atoms with Crippen LogP contribution in [0.4, 0.5) is 0 Å². The van der Waals surface area contributed by atoms with E-state index < -0.39 is 6.10 Å². The van der Waals surface area contributed by atoms with Crippen LogP contribution in [0, 0.1) is 0 Å². The van der Waals surface area contributed by atoms with Crippen LogP contribution >= 0.6 is 0 Å². The van der Waals surface area contributed by atoms with Gasteiger partial charge < -0.3 is 14.6 Å². The molecule has 13 heavy (non-hydrogen) atoms. The van der Waals surface area contributed by atoms with Gasteiger partial charge >= 0.3 is 0 Å². The number of hydrogen-bond donors (Lipinski definition) is 1. The second-order valence-corrected chi connectivity index (χ2v) is 4.01. The van der Waals surface area contributed by atoms with Crippen LogP contribution in [0.5, 0.6) is 0 Å². The maximum absolute atomic E-state index is 9.60. The lowest BCUT2D eigenvalue weighted by Crippen LogP contribution is -2.29. The normalized spacial score (nSPS) is 17.1. The van der Waals surface area contributed by atoms with E-state index in [1.54, 1.807) is 14.2 Å². The average molecular weight is 190 g/mol. The van der Waals surface area contributed by atoms with Crippen molar-refractivity contribution < 1.29 is 14.6 Å². The third-order valence-electron chi connectivity index (χ3n) is 2.51. The van der Waals surface area contributed by atoms with E-state index >= 15 is 0 Å². The van der Waals surface area contributed by atoms with Crippen molar-refractivity contribution in [1.29, 1.82) is 0 Å². The molecule has 1 N–H and O–H groups in total. The lowest BCUT2D eigenvalue weighted by molar-refractivity contribution is -0.0318. The summed E-state index contributed by atoms with van der Waals surface area (Å²) in [4.78, 5) is 0. The highest BCUT2D eigenvalue weighted by atomic mass is 16.5. The fourth-order valence-electron chi connectivity index (χ4n) is 0.989. The summed E-state index contributed by atoms with van der Waals surface area (Å²) in [5.74, 6) is 0. The molecule has 0 aromatic rings. The van der Waals surface area contributed by atoms with Gasteiger partial charge in [-0.05, 0) is 33.6 Å². The smallest absolute Gasteiger partial charge is 0.0802 e. The molecule has 80 valence electrons. The lowest BCUT2D eigenvalue weighted by atomic mass is 9.98. The molecule has 0 aromatic heterocycles. The number of hydrogen-bond acceptors (Lipinski definition) is 3. The second-order valence-electron chi connectivity index (χ2n) is 4.01. The molecule has 0 saturated carbocycles. The topological polar surface area (TPSA) is 38.7 Å². The van der Waals surface area contributed by atoms with Gasteiger partial charge in [0, 0.05) is 14.2 Å². The van der Waals surface area contributed by atoms with E-state index in [0.29, 0.717) is 6.42 Å². The highest BCUT2D eigenvalue weighted by molar-refractivity contribution is 4.72. The van der Waals surface area contributed by atoms with Crippen LogP contribution < -0.4 is 0 Å². The molecule has 0 heterocycles. The first kappa shape index (κ1) is 12.9. The largest absolute Gasteiger partial charge is 0.390 e. The van der Waals surface area contributed by atoms with Crippen LogP contribution in [-0.4, -0.2) is 37.1 Å². The summed E-state index contributed by atoms with van der Waals surface area (Å²) in [7, 11) is 3.29. The maximum Gasteiger partial charge on any atom is 0.0802 e. The maximum atomic E-state index is 9.60. The Balaban J connectivity index is 3.75. The van der Waals surface area contributed by atoms with Gasteiger partial charge in [0.15, 0.2) is 0 Å². The van der Waals surface area contributed by atoms with Crippen LogP contribution in [-0.2, 0) is 9.47 Å². The molecule has 2 atom stereocenters. The van der Waals surface area contributed by atoms with Crippen LogP contribution in [0.3, 0.4) is 0 Å². The van der Waals surface area contributed by atoms with Crippen molar-refractivity contribution in [2.75, 3.05) is 14.2 Å². The van der Waals surface area contributed by atoms with Gasteiger partial charge in [0.2, 0.25) is 0 Å². The number of methoxy groups -OCH3 is 2. The van der Waals surface area contributed by atoms with Crippen molar-refractivity contribution in [3.8, 4) is 0 Å². The molecule has 0 aliphatic rings. The molecule has 0 radical (unpaired) electrons. The average Bonchev–Trinajstić information content (AvgIpc) is 2.13. The van der Waals surface area contributed by atoms with Gasteiger partial charge in [0.05, 0.1) is 17.8 Å². The van der Waals surface area contributed by atoms with Gasteiger partial charge in [0.25, 0.3) is 0 Å². The van der Waals surface area contributed by atoms with E-state index in [1.165, 1.54) is 0 Å². The van der Waals surface area contributed by atoms with E-state index in [4.69, 9.17) is 9.47 Å². The van der Waals surface area contributed by atoms with Crippen LogP contribution in [0.25, 0.3) is 0 Å². The van der Waals surface area contributed by atoms with E-state index in [9.17, 15) is 5.11 Å². The van der Waals surface area contributed by atoms with Crippen LogP contribution in [0.15, 0.2) is 0 Å². The van der Waals surface area contributed by atoms with Crippen molar-refractivity contribution in [3.63, 3.8) is 0 Å². The number of rotatable bonds is 6. The quantitative estimate of drug-likeness (QED) is 0.691. The van der Waals surface area contributed by atoms with E-state index in [0.717, 1.165) is 6.42 Å². The first-order chi connectivity index (χ1) is 5.93. The highest BCUT2D eigenvalue weighted by Gasteiger charge is 2.20. The molecule has 0 spiro atoms. The Morgan fingerprint density at radius 2 is 1.85 bits per heavy atom. The molecule has 3 nitrogen and oxygen atoms in total. The Morgan fingerprint density at radius 1 is 1.31 bits per heavy atom. The van der Waals surface area contributed by atoms with Gasteiger partial charge in [-0.25, -0.2) is 0 Å². The highest BCUT2D eigenvalue weighted by Crippen LogP contribution is 2.18. The third-order valence-corrected chi connectivity index (χ3v) is 2.51. The zero-order chi connectivity index (χ0) is 10.5. The molecule has 2 unspecified atom stereocenters. The molecule has 0 aliphatic heterocycles. The van der Waals surface area contributed by atoms with Crippen molar-refractivity contribution in [2.45, 2.75) is 51.4 Å². The Hall–Kier alpha value is -0.120. The Labute approximate surface area is 81.0 Å². The fourth-order valence-corrected chi connectivity index (χ4v) is 0.989. The summed E-state index contributed by atoms with van der Waals surface area (Å²) < 4.78 is 10.3. The summed E-state index contributed by atoms with van der Waals surface area (Å²) in [6.45, 7) is 5.89. The summed E-state index contributed by atoms with van der Waals surface area (Å²) in [5, 5.41) is 9.60. The van der Waals surface area contributed by atoms with Crippen molar-refractivity contribution in [2.24, 2.45) is 0 Å². The molecule has 0 aliphatic carbocycles. The predicted octanol–water partition coefficient (Wildman–Crippen LogP) is 1.59. The summed E-state index contributed by atoms with van der Waals surface area (Å²) in [5.41, 5.74) is -0.158. The molecule has 0 aromatic carbocycles. The first-order valence-electron chi connectivity index (χ1n) is 4.69. The molecule has 0 fully saturated rings. The summed E-state index contributed by atoms with van der Waals surface area (Å²) >= 11 is 0. The summed E-state index contributed by atoms with van der Waals surface area (Å²) in [6.07, 6.45) is 1.03. The fraction of sp³-hybridized carbons (Fsp3) is 1.00. The Bertz CT molecular complexity index is 134. The summed E-state index contributed by atoms with van der Waals surface area (Å²) in [6, 6.07) is 0. The van der Waals surface area contributed by atoms with Crippen molar-refractivity contribution >= 4 is 0 Å². The zero-order valence-electron chi connectivity index (χ0n) is 9.33. The Kier molecular flexibility index (Phi) is 5.53. The van der Waals surface area contributed by atoms with Crippen LogP contribution in [0.1, 0.15) is 33.6 Å². The lowest BCUT2D eigenvalue weighted by Gasteiger charge is -2.25. The molecular formula is C10H22O3. The zero-order valence-corrected chi connectivity index (χ0v) is 9.33. The van der Waals surface area contributed by atoms with Gasteiger partial charge in [-0.15, -0.1) is 0 Å². The number of aliphatic hydroxyl groups excluding tert-OH is 1. The number of aliphatic hydroxyl groups is 1. The minimum atomic E-state index is -0.403.